The first kappa shape index (κ1) is 8.23. The molecule has 1 unspecified atom stereocenters. The van der Waals surface area contributed by atoms with Gasteiger partial charge < -0.3 is 0 Å². The number of nitrogens with zero attached hydrogens (tertiary/aromatic N) is 3. The smallest absolute Gasteiger partial charge is 0.0782 e. The summed E-state index contributed by atoms with van der Waals surface area (Å²) in [5.41, 5.74) is 1.08. The predicted molar refractivity (Wildman–Crippen MR) is 52.3 cm³/mol. The van der Waals surface area contributed by atoms with Gasteiger partial charge in [0.2, 0.25) is 0 Å². The lowest BCUT2D eigenvalue weighted by atomic mass is 10.2. The average molecular weight is 175 g/mol. The van der Waals surface area contributed by atoms with E-state index in [9.17, 15) is 0 Å². The summed E-state index contributed by atoms with van der Waals surface area (Å²) in [6, 6.07) is 5.96. The standard InChI is InChI=1S/C10H13N3/c1-9-6-12-13(7-9)8-10-4-2-3-5-11-10/h2-6,9H,7-8H2,1H3. The van der Waals surface area contributed by atoms with Crippen molar-refractivity contribution in [1.82, 2.24) is 9.99 Å². The fourth-order valence-corrected chi connectivity index (χ4v) is 1.42. The van der Waals surface area contributed by atoms with E-state index >= 15 is 0 Å². The number of rotatable bonds is 2. The number of hydrogen-bond acceptors (Lipinski definition) is 3. The topological polar surface area (TPSA) is 28.5 Å². The first-order valence-corrected chi connectivity index (χ1v) is 4.53. The van der Waals surface area contributed by atoms with E-state index in [1.54, 1.807) is 0 Å². The van der Waals surface area contributed by atoms with Gasteiger partial charge in [0.1, 0.15) is 0 Å². The lowest BCUT2D eigenvalue weighted by Crippen LogP contribution is -2.17. The van der Waals surface area contributed by atoms with Crippen LogP contribution in [0.1, 0.15) is 12.6 Å². The van der Waals surface area contributed by atoms with E-state index in [2.05, 4.69) is 17.0 Å². The highest BCUT2D eigenvalue weighted by atomic mass is 15.5. The number of hydrazone groups is 1. The maximum Gasteiger partial charge on any atom is 0.0782 e. The van der Waals surface area contributed by atoms with E-state index in [0.717, 1.165) is 18.8 Å². The van der Waals surface area contributed by atoms with Gasteiger partial charge in [-0.15, -0.1) is 0 Å². The van der Waals surface area contributed by atoms with Crippen molar-refractivity contribution in [3.05, 3.63) is 30.1 Å². The molecule has 1 aromatic heterocycles. The average Bonchev–Trinajstić information content (AvgIpc) is 2.53. The zero-order valence-corrected chi connectivity index (χ0v) is 7.72. The van der Waals surface area contributed by atoms with Gasteiger partial charge in [0.25, 0.3) is 0 Å². The molecule has 0 fully saturated rings. The van der Waals surface area contributed by atoms with Crippen molar-refractivity contribution in [2.45, 2.75) is 13.5 Å². The molecule has 3 heteroatoms. The quantitative estimate of drug-likeness (QED) is 0.681. The Kier molecular flexibility index (Phi) is 2.25. The minimum absolute atomic E-state index is 0.573. The van der Waals surface area contributed by atoms with Gasteiger partial charge >= 0.3 is 0 Å². The van der Waals surface area contributed by atoms with E-state index in [1.807, 2.05) is 35.6 Å². The lowest BCUT2D eigenvalue weighted by molar-refractivity contribution is 0.288. The molecule has 0 aliphatic carbocycles. The van der Waals surface area contributed by atoms with Crippen LogP contribution in [0.3, 0.4) is 0 Å². The van der Waals surface area contributed by atoms with Gasteiger partial charge in [0, 0.05) is 24.9 Å². The molecule has 1 aromatic rings. The normalized spacial score (nSPS) is 21.0. The van der Waals surface area contributed by atoms with Crippen LogP contribution in [0.25, 0.3) is 0 Å². The molecule has 0 saturated carbocycles. The van der Waals surface area contributed by atoms with Gasteiger partial charge in [-0.2, -0.15) is 5.10 Å². The Morgan fingerprint density at radius 2 is 2.46 bits per heavy atom. The maximum absolute atomic E-state index is 4.28. The van der Waals surface area contributed by atoms with Crippen LogP contribution in [0.2, 0.25) is 0 Å². The zero-order chi connectivity index (χ0) is 9.10. The maximum atomic E-state index is 4.28. The van der Waals surface area contributed by atoms with E-state index in [0.29, 0.717) is 5.92 Å². The van der Waals surface area contributed by atoms with Crippen molar-refractivity contribution in [2.75, 3.05) is 6.54 Å². The van der Waals surface area contributed by atoms with Crippen LogP contribution in [-0.4, -0.2) is 22.8 Å². The summed E-state index contributed by atoms with van der Waals surface area (Å²) in [6.45, 7) is 4.00. The first-order valence-electron chi connectivity index (χ1n) is 4.53. The molecule has 1 aliphatic heterocycles. The highest BCUT2D eigenvalue weighted by Crippen LogP contribution is 2.09. The molecule has 68 valence electrons. The highest BCUT2D eigenvalue weighted by Gasteiger charge is 2.12. The molecule has 13 heavy (non-hydrogen) atoms. The van der Waals surface area contributed by atoms with Crippen molar-refractivity contribution in [3.63, 3.8) is 0 Å². The Morgan fingerprint density at radius 1 is 1.54 bits per heavy atom. The molecule has 0 saturated heterocycles. The molecule has 0 aromatic carbocycles. The SMILES string of the molecule is CC1C=NN(Cc2ccccn2)C1. The van der Waals surface area contributed by atoms with Gasteiger partial charge in [-0.05, 0) is 12.1 Å². The third-order valence-corrected chi connectivity index (χ3v) is 2.05. The Hall–Kier alpha value is -1.38. The van der Waals surface area contributed by atoms with Gasteiger partial charge in [-0.3, -0.25) is 9.99 Å². The predicted octanol–water partition coefficient (Wildman–Crippen LogP) is 1.52. The Balaban J connectivity index is 1.96. The summed E-state index contributed by atoms with van der Waals surface area (Å²) in [7, 11) is 0. The minimum atomic E-state index is 0.573. The fourth-order valence-electron chi connectivity index (χ4n) is 1.42. The monoisotopic (exact) mass is 175 g/mol. The second kappa shape index (κ2) is 3.56. The molecule has 0 bridgehead atoms. The largest absolute Gasteiger partial charge is 0.291 e. The number of aromatic nitrogens is 1. The first-order chi connectivity index (χ1) is 6.34. The van der Waals surface area contributed by atoms with Crippen LogP contribution < -0.4 is 0 Å². The zero-order valence-electron chi connectivity index (χ0n) is 7.72. The Labute approximate surface area is 78.1 Å². The van der Waals surface area contributed by atoms with Crippen LogP contribution >= 0.6 is 0 Å². The van der Waals surface area contributed by atoms with Crippen LogP contribution in [-0.2, 0) is 6.54 Å². The van der Waals surface area contributed by atoms with Gasteiger partial charge in [0.15, 0.2) is 0 Å². The van der Waals surface area contributed by atoms with Crippen molar-refractivity contribution in [3.8, 4) is 0 Å². The summed E-state index contributed by atoms with van der Waals surface area (Å²) < 4.78 is 0. The molecule has 2 rings (SSSR count). The van der Waals surface area contributed by atoms with Crippen LogP contribution in [0.4, 0.5) is 0 Å². The van der Waals surface area contributed by atoms with Crippen molar-refractivity contribution >= 4 is 6.21 Å². The summed E-state index contributed by atoms with van der Waals surface area (Å²) in [5.74, 6) is 0.573. The minimum Gasteiger partial charge on any atom is -0.291 e. The van der Waals surface area contributed by atoms with Gasteiger partial charge in [-0.25, -0.2) is 0 Å². The van der Waals surface area contributed by atoms with E-state index in [-0.39, 0.29) is 0 Å². The van der Waals surface area contributed by atoms with Gasteiger partial charge in [-0.1, -0.05) is 13.0 Å². The molecule has 3 nitrogen and oxygen atoms in total. The van der Waals surface area contributed by atoms with E-state index in [1.165, 1.54) is 0 Å². The summed E-state index contributed by atoms with van der Waals surface area (Å²) in [5, 5.41) is 6.33. The van der Waals surface area contributed by atoms with Gasteiger partial charge in [0.05, 0.1) is 12.2 Å². The van der Waals surface area contributed by atoms with Crippen molar-refractivity contribution in [2.24, 2.45) is 11.0 Å². The van der Waals surface area contributed by atoms with Crippen LogP contribution in [0.5, 0.6) is 0 Å². The lowest BCUT2D eigenvalue weighted by Gasteiger charge is -2.13. The van der Waals surface area contributed by atoms with Crippen molar-refractivity contribution < 1.29 is 0 Å². The second-order valence-electron chi connectivity index (χ2n) is 3.41. The fraction of sp³-hybridized carbons (Fsp3) is 0.400. The Morgan fingerprint density at radius 3 is 3.08 bits per heavy atom. The molecular weight excluding hydrogens is 162 g/mol. The third-order valence-electron chi connectivity index (χ3n) is 2.05. The highest BCUT2D eigenvalue weighted by molar-refractivity contribution is 5.61. The molecule has 1 atom stereocenters. The van der Waals surface area contributed by atoms with E-state index < -0.39 is 0 Å². The molecule has 1 aliphatic rings. The molecule has 0 radical (unpaired) electrons. The molecule has 2 heterocycles. The number of hydrogen-bond donors (Lipinski definition) is 0. The van der Waals surface area contributed by atoms with E-state index in [4.69, 9.17) is 0 Å². The molecule has 0 spiro atoms. The van der Waals surface area contributed by atoms with Crippen molar-refractivity contribution in [1.29, 1.82) is 0 Å². The third kappa shape index (κ3) is 2.05. The second-order valence-corrected chi connectivity index (χ2v) is 3.41. The summed E-state index contributed by atoms with van der Waals surface area (Å²) in [4.78, 5) is 4.25. The molecule has 0 N–H and O–H groups in total. The number of pyridine rings is 1. The Bertz CT molecular complexity index is 294. The van der Waals surface area contributed by atoms with Crippen LogP contribution in [0.15, 0.2) is 29.5 Å². The summed E-state index contributed by atoms with van der Waals surface area (Å²) in [6.07, 6.45) is 3.81. The molecular formula is C10H13N3. The molecule has 0 amide bonds. The van der Waals surface area contributed by atoms with Crippen LogP contribution in [0, 0.1) is 5.92 Å². The summed E-state index contributed by atoms with van der Waals surface area (Å²) >= 11 is 0.